The van der Waals surface area contributed by atoms with E-state index in [2.05, 4.69) is 59.5 Å². The molecule has 0 aliphatic heterocycles. The Balaban J connectivity index is 3.11. The molecule has 0 atom stereocenters. The van der Waals surface area contributed by atoms with E-state index in [0.29, 0.717) is 5.41 Å². The third-order valence-electron chi connectivity index (χ3n) is 2.22. The van der Waals surface area contributed by atoms with Gasteiger partial charge in [-0.1, -0.05) is 52.5 Å². The van der Waals surface area contributed by atoms with Crippen molar-refractivity contribution in [3.63, 3.8) is 0 Å². The molecule has 0 fully saturated rings. The zero-order chi connectivity index (χ0) is 11.6. The standard InChI is InChI=1S/C14H21P/c1-10-7-11(2)13(12(3)8-10)15-9-14(4,5)6/h7-9H,1-6H3. The largest absolute Gasteiger partial charge is 0.0718 e. The van der Waals surface area contributed by atoms with E-state index in [1.165, 1.54) is 30.2 Å². The second-order valence-corrected chi connectivity index (χ2v) is 6.34. The average Bonchev–Trinajstić information content (AvgIpc) is 1.99. The van der Waals surface area contributed by atoms with Crippen molar-refractivity contribution in [2.24, 2.45) is 5.41 Å². The van der Waals surface area contributed by atoms with Gasteiger partial charge in [0.2, 0.25) is 0 Å². The van der Waals surface area contributed by atoms with E-state index < -0.39 is 0 Å². The van der Waals surface area contributed by atoms with E-state index in [0.717, 1.165) is 0 Å². The molecule has 0 saturated heterocycles. The van der Waals surface area contributed by atoms with E-state index in [1.807, 2.05) is 0 Å². The van der Waals surface area contributed by atoms with E-state index in [9.17, 15) is 0 Å². The van der Waals surface area contributed by atoms with Crippen LogP contribution in [0.4, 0.5) is 0 Å². The van der Waals surface area contributed by atoms with Gasteiger partial charge >= 0.3 is 0 Å². The van der Waals surface area contributed by atoms with Crippen LogP contribution in [-0.2, 0) is 0 Å². The van der Waals surface area contributed by atoms with Crippen LogP contribution in [0.2, 0.25) is 0 Å². The molecule has 82 valence electrons. The molecule has 15 heavy (non-hydrogen) atoms. The van der Waals surface area contributed by atoms with Crippen molar-refractivity contribution >= 4 is 19.3 Å². The van der Waals surface area contributed by atoms with Crippen molar-refractivity contribution in [3.8, 4) is 0 Å². The molecule has 0 nitrogen and oxygen atoms in total. The van der Waals surface area contributed by atoms with Crippen molar-refractivity contribution in [3.05, 3.63) is 28.8 Å². The Morgan fingerprint density at radius 2 is 1.47 bits per heavy atom. The van der Waals surface area contributed by atoms with Crippen LogP contribution in [-0.4, -0.2) is 5.80 Å². The van der Waals surface area contributed by atoms with Gasteiger partial charge in [-0.25, -0.2) is 0 Å². The minimum Gasteiger partial charge on any atom is -0.0718 e. The van der Waals surface area contributed by atoms with E-state index >= 15 is 0 Å². The Morgan fingerprint density at radius 3 is 1.87 bits per heavy atom. The number of rotatable bonds is 1. The van der Waals surface area contributed by atoms with Gasteiger partial charge in [-0.05, 0) is 37.3 Å². The minimum atomic E-state index is 0.297. The number of aryl methyl sites for hydroxylation is 3. The van der Waals surface area contributed by atoms with Crippen LogP contribution in [0, 0.1) is 26.2 Å². The summed E-state index contributed by atoms with van der Waals surface area (Å²) < 4.78 is 0. The Bertz CT molecular complexity index is 358. The zero-order valence-corrected chi connectivity index (χ0v) is 11.6. The van der Waals surface area contributed by atoms with Crippen molar-refractivity contribution in [2.45, 2.75) is 41.5 Å². The van der Waals surface area contributed by atoms with Gasteiger partial charge in [0.15, 0.2) is 0 Å². The van der Waals surface area contributed by atoms with Crippen LogP contribution in [0.1, 0.15) is 37.5 Å². The molecule has 0 spiro atoms. The first-order valence-corrected chi connectivity index (χ1v) is 6.39. The highest BCUT2D eigenvalue weighted by molar-refractivity contribution is 7.47. The summed E-state index contributed by atoms with van der Waals surface area (Å²) in [5.41, 5.74) is 4.48. The summed E-state index contributed by atoms with van der Waals surface area (Å²) in [6, 6.07) is 4.54. The van der Waals surface area contributed by atoms with Crippen LogP contribution in [0.5, 0.6) is 0 Å². The molecule has 0 bridgehead atoms. The van der Waals surface area contributed by atoms with Crippen molar-refractivity contribution in [1.82, 2.24) is 0 Å². The number of hydrogen-bond acceptors (Lipinski definition) is 0. The van der Waals surface area contributed by atoms with Gasteiger partial charge in [0.25, 0.3) is 0 Å². The molecule has 0 unspecified atom stereocenters. The minimum absolute atomic E-state index is 0.297. The molecular weight excluding hydrogens is 199 g/mol. The van der Waals surface area contributed by atoms with E-state index in [4.69, 9.17) is 0 Å². The molecule has 1 aromatic carbocycles. The topological polar surface area (TPSA) is 0 Å². The summed E-state index contributed by atoms with van der Waals surface area (Å²) >= 11 is 0. The summed E-state index contributed by atoms with van der Waals surface area (Å²) in [7, 11) is 1.34. The van der Waals surface area contributed by atoms with Gasteiger partial charge < -0.3 is 0 Å². The fraction of sp³-hybridized carbons (Fsp3) is 0.500. The van der Waals surface area contributed by atoms with Gasteiger partial charge in [-0.2, -0.15) is 0 Å². The monoisotopic (exact) mass is 220 g/mol. The molecule has 1 aromatic rings. The predicted octanol–water partition coefficient (Wildman–Crippen LogP) is 4.03. The lowest BCUT2D eigenvalue weighted by atomic mass is 10.0. The quantitative estimate of drug-likeness (QED) is 0.627. The molecule has 1 heteroatoms. The Labute approximate surface area is 95.5 Å². The third-order valence-corrected chi connectivity index (χ3v) is 4.08. The van der Waals surface area contributed by atoms with Crippen molar-refractivity contribution in [2.75, 3.05) is 0 Å². The average molecular weight is 220 g/mol. The number of benzene rings is 1. The Morgan fingerprint density at radius 1 is 1.00 bits per heavy atom. The Kier molecular flexibility index (Phi) is 3.73. The summed E-state index contributed by atoms with van der Waals surface area (Å²) in [4.78, 5) is 0. The molecule has 0 N–H and O–H groups in total. The third kappa shape index (κ3) is 3.80. The van der Waals surface area contributed by atoms with Gasteiger partial charge in [0.05, 0.1) is 0 Å². The fourth-order valence-corrected chi connectivity index (χ4v) is 2.69. The molecule has 0 heterocycles. The number of hydrogen-bond donors (Lipinski definition) is 0. The smallest absolute Gasteiger partial charge is 0.00735 e. The summed E-state index contributed by atoms with van der Waals surface area (Å²) in [6.45, 7) is 13.3. The molecule has 0 radical (unpaired) electrons. The van der Waals surface area contributed by atoms with Crippen LogP contribution in [0.3, 0.4) is 0 Å². The fourth-order valence-electron chi connectivity index (χ4n) is 1.63. The molecule has 0 amide bonds. The van der Waals surface area contributed by atoms with E-state index in [-0.39, 0.29) is 0 Å². The maximum absolute atomic E-state index is 2.37. The molecule has 0 aliphatic carbocycles. The first kappa shape index (κ1) is 12.5. The van der Waals surface area contributed by atoms with Crippen molar-refractivity contribution in [1.29, 1.82) is 0 Å². The highest BCUT2D eigenvalue weighted by Crippen LogP contribution is 2.17. The molecule has 0 aliphatic rings. The van der Waals surface area contributed by atoms with Crippen LogP contribution in [0.15, 0.2) is 12.1 Å². The van der Waals surface area contributed by atoms with Crippen molar-refractivity contribution < 1.29 is 0 Å². The van der Waals surface area contributed by atoms with Gasteiger partial charge in [-0.15, -0.1) is 0 Å². The lowest BCUT2D eigenvalue weighted by Gasteiger charge is -2.12. The highest BCUT2D eigenvalue weighted by Gasteiger charge is 2.06. The first-order valence-electron chi connectivity index (χ1n) is 5.43. The van der Waals surface area contributed by atoms with Gasteiger partial charge in [0.1, 0.15) is 0 Å². The zero-order valence-electron chi connectivity index (χ0n) is 10.7. The second-order valence-electron chi connectivity index (χ2n) is 5.37. The summed E-state index contributed by atoms with van der Waals surface area (Å²) in [5.74, 6) is 2.37. The molecule has 0 aromatic heterocycles. The molecular formula is C14H21P. The normalized spacial score (nSPS) is 12.4. The lowest BCUT2D eigenvalue weighted by Crippen LogP contribution is -2.09. The Hall–Kier alpha value is -0.610. The van der Waals surface area contributed by atoms with Crippen LogP contribution in [0.25, 0.3) is 0 Å². The van der Waals surface area contributed by atoms with E-state index in [1.54, 1.807) is 0 Å². The highest BCUT2D eigenvalue weighted by atomic mass is 31.1. The summed E-state index contributed by atoms with van der Waals surface area (Å²) in [5, 5.41) is 1.47. The maximum Gasteiger partial charge on any atom is 0.00735 e. The molecule has 1 rings (SSSR count). The van der Waals surface area contributed by atoms with Gasteiger partial charge in [0, 0.05) is 5.30 Å². The van der Waals surface area contributed by atoms with Crippen LogP contribution < -0.4 is 5.30 Å². The second kappa shape index (κ2) is 4.49. The SMILES string of the molecule is Cc1cc(C)c(P=CC(C)(C)C)c(C)c1. The maximum atomic E-state index is 2.37. The molecule has 0 saturated carbocycles. The lowest BCUT2D eigenvalue weighted by molar-refractivity contribution is 0.615. The first-order chi connectivity index (χ1) is 6.79. The summed E-state index contributed by atoms with van der Waals surface area (Å²) in [6.07, 6.45) is 0. The van der Waals surface area contributed by atoms with Crippen LogP contribution >= 0.6 is 8.20 Å². The predicted molar refractivity (Wildman–Crippen MR) is 72.7 cm³/mol. The van der Waals surface area contributed by atoms with Gasteiger partial charge in [-0.3, -0.25) is 0 Å².